The second-order valence-electron chi connectivity index (χ2n) is 14.5. The standard InChI is InChI=1S/C47H33N3S/c1-28-23-42-31(20-19-29-11-2-3-12-30(29)40-16-6-8-21-48(28)40)35-26-43-36(24-38(35)41-17-7-9-22-49(41)42)33-14-10-15-34-37-25-39-32-13-4-5-18-45(32)51-46(39)27-44(37)50(43)47(33)34/h2-18,21-22,24-27,31,42H,1,19-20,23H2/q+2. The highest BCUT2D eigenvalue weighted by atomic mass is 32.1. The van der Waals surface area contributed by atoms with Crippen molar-refractivity contribution < 1.29 is 9.13 Å². The average molecular weight is 672 g/mol. The largest absolute Gasteiger partial charge is 0.308 e. The van der Waals surface area contributed by atoms with Gasteiger partial charge in [-0.25, -0.2) is 0 Å². The number of aromatic nitrogens is 3. The molecule has 2 aliphatic rings. The van der Waals surface area contributed by atoms with Gasteiger partial charge in [-0.05, 0) is 79.1 Å². The van der Waals surface area contributed by atoms with Crippen LogP contribution >= 0.6 is 11.3 Å². The summed E-state index contributed by atoms with van der Waals surface area (Å²) in [5.74, 6) is 0.316. The van der Waals surface area contributed by atoms with Crippen molar-refractivity contribution >= 4 is 75.3 Å². The third-order valence-corrected chi connectivity index (χ3v) is 13.2. The summed E-state index contributed by atoms with van der Waals surface area (Å²) in [6.07, 6.45) is 7.44. The summed E-state index contributed by atoms with van der Waals surface area (Å²) in [5.41, 5.74) is 13.1. The summed E-state index contributed by atoms with van der Waals surface area (Å²) < 4.78 is 10.2. The molecule has 5 aromatic heterocycles. The zero-order chi connectivity index (χ0) is 33.4. The number of nitrogens with zero attached hydrogens (tertiary/aromatic N) is 3. The predicted octanol–water partition coefficient (Wildman–Crippen LogP) is 11.3. The monoisotopic (exact) mass is 671 g/mol. The molecule has 2 atom stereocenters. The molecule has 5 aromatic carbocycles. The van der Waals surface area contributed by atoms with E-state index < -0.39 is 0 Å². The molecule has 3 nitrogen and oxygen atoms in total. The van der Waals surface area contributed by atoms with Gasteiger partial charge in [0.15, 0.2) is 24.1 Å². The van der Waals surface area contributed by atoms with E-state index in [0.29, 0.717) is 5.92 Å². The van der Waals surface area contributed by atoms with Crippen LogP contribution in [0.1, 0.15) is 35.9 Å². The van der Waals surface area contributed by atoms with E-state index in [1.165, 1.54) is 91.9 Å². The molecular formula is C47H33N3S+2. The van der Waals surface area contributed by atoms with Gasteiger partial charge >= 0.3 is 0 Å². The highest BCUT2D eigenvalue weighted by Crippen LogP contribution is 2.49. The molecule has 2 unspecified atom stereocenters. The molecule has 0 saturated carbocycles. The van der Waals surface area contributed by atoms with Crippen molar-refractivity contribution in [3.63, 3.8) is 0 Å². The maximum atomic E-state index is 4.75. The van der Waals surface area contributed by atoms with Gasteiger partial charge in [-0.1, -0.05) is 54.6 Å². The van der Waals surface area contributed by atoms with E-state index in [2.05, 4.69) is 153 Å². The first kappa shape index (κ1) is 27.9. The lowest BCUT2D eigenvalue weighted by molar-refractivity contribution is -0.720. The van der Waals surface area contributed by atoms with E-state index in [0.717, 1.165) is 25.0 Å². The Bertz CT molecular complexity index is 3110. The third-order valence-electron chi connectivity index (χ3n) is 12.0. The Morgan fingerprint density at radius 1 is 0.608 bits per heavy atom. The first-order chi connectivity index (χ1) is 25.2. The molecule has 7 heterocycles. The van der Waals surface area contributed by atoms with Gasteiger partial charge in [-0.15, -0.1) is 11.3 Å². The molecule has 0 bridgehead atoms. The Balaban J connectivity index is 1.14. The number of thiophene rings is 1. The number of rotatable bonds is 0. The lowest BCUT2D eigenvalue weighted by Crippen LogP contribution is -2.49. The van der Waals surface area contributed by atoms with Crippen molar-refractivity contribution in [1.29, 1.82) is 0 Å². The maximum absolute atomic E-state index is 4.75. The van der Waals surface area contributed by atoms with Crippen LogP contribution in [0, 0.1) is 0 Å². The van der Waals surface area contributed by atoms with Crippen molar-refractivity contribution in [3.05, 3.63) is 157 Å². The number of aryl methyl sites for hydroxylation is 1. The summed E-state index contributed by atoms with van der Waals surface area (Å²) >= 11 is 1.91. The molecular weight excluding hydrogens is 639 g/mol. The van der Waals surface area contributed by atoms with Crippen LogP contribution in [0.3, 0.4) is 0 Å². The molecule has 2 aliphatic heterocycles. The van der Waals surface area contributed by atoms with Crippen LogP contribution in [0.4, 0.5) is 0 Å². The highest BCUT2D eigenvalue weighted by Gasteiger charge is 2.43. The number of allylic oxidation sites excluding steroid dienone is 1. The fourth-order valence-corrected chi connectivity index (χ4v) is 10.9. The Hall–Kier alpha value is -5.84. The fourth-order valence-electron chi connectivity index (χ4n) is 9.83. The normalized spacial score (nSPS) is 17.2. The van der Waals surface area contributed by atoms with Gasteiger partial charge in [0.25, 0.3) is 0 Å². The fraction of sp³-hybridized carbons (Fsp3) is 0.106. The van der Waals surface area contributed by atoms with E-state index in [1.807, 2.05) is 11.3 Å². The molecule has 0 saturated heterocycles. The van der Waals surface area contributed by atoms with Gasteiger partial charge in [0, 0.05) is 77.5 Å². The van der Waals surface area contributed by atoms with Crippen molar-refractivity contribution in [3.8, 4) is 22.5 Å². The van der Waals surface area contributed by atoms with Gasteiger partial charge in [0.05, 0.1) is 28.5 Å². The molecule has 0 radical (unpaired) electrons. The summed E-state index contributed by atoms with van der Waals surface area (Å²) in [6.45, 7) is 4.75. The summed E-state index contributed by atoms with van der Waals surface area (Å²) in [7, 11) is 0. The Kier molecular flexibility index (Phi) is 5.54. The van der Waals surface area contributed by atoms with E-state index in [-0.39, 0.29) is 6.04 Å². The number of para-hydroxylation sites is 1. The molecule has 0 spiro atoms. The van der Waals surface area contributed by atoms with E-state index in [9.17, 15) is 0 Å². The quantitative estimate of drug-likeness (QED) is 0.142. The number of hydrogen-bond donors (Lipinski definition) is 0. The van der Waals surface area contributed by atoms with Gasteiger partial charge in [-0.3, -0.25) is 0 Å². The molecule has 240 valence electrons. The molecule has 4 heteroatoms. The first-order valence-electron chi connectivity index (χ1n) is 18.1. The van der Waals surface area contributed by atoms with Crippen molar-refractivity contribution in [2.75, 3.05) is 0 Å². The van der Waals surface area contributed by atoms with Crippen LogP contribution in [0.25, 0.3) is 86.5 Å². The molecule has 10 aromatic rings. The molecule has 12 rings (SSSR count). The van der Waals surface area contributed by atoms with Gasteiger partial charge in [0.2, 0.25) is 11.4 Å². The number of benzene rings is 5. The zero-order valence-electron chi connectivity index (χ0n) is 28.0. The lowest BCUT2D eigenvalue weighted by atomic mass is 9.77. The van der Waals surface area contributed by atoms with Crippen LogP contribution in [0.2, 0.25) is 0 Å². The van der Waals surface area contributed by atoms with Gasteiger partial charge < -0.3 is 4.40 Å². The molecule has 0 amide bonds. The van der Waals surface area contributed by atoms with Crippen LogP contribution in [0.15, 0.2) is 146 Å². The SMILES string of the molecule is C=C1CC2C(CCc3ccccc3-c3cccc[n+]31)c1cc3c(cc1-c1cccc[n+]12)c1cccc2c4cc5c(cc4n3c12)sc1ccccc15. The minimum Gasteiger partial charge on any atom is -0.308 e. The number of hydrogen-bond acceptors (Lipinski definition) is 1. The first-order valence-corrected chi connectivity index (χ1v) is 18.9. The van der Waals surface area contributed by atoms with Crippen molar-refractivity contribution in [2.24, 2.45) is 0 Å². The van der Waals surface area contributed by atoms with Gasteiger partial charge in [0.1, 0.15) is 0 Å². The van der Waals surface area contributed by atoms with Crippen LogP contribution in [0.5, 0.6) is 0 Å². The number of pyridine rings is 2. The second kappa shape index (κ2) is 10.1. The number of fused-ring (bicyclic) bond motifs is 18. The third kappa shape index (κ3) is 3.73. The van der Waals surface area contributed by atoms with E-state index in [1.54, 1.807) is 0 Å². The molecule has 0 aliphatic carbocycles. The zero-order valence-corrected chi connectivity index (χ0v) is 28.8. The lowest BCUT2D eigenvalue weighted by Gasteiger charge is -2.31. The molecule has 0 N–H and O–H groups in total. The molecule has 0 fully saturated rings. The van der Waals surface area contributed by atoms with Crippen LogP contribution in [-0.2, 0) is 6.42 Å². The minimum atomic E-state index is 0.244. The van der Waals surface area contributed by atoms with Crippen molar-refractivity contribution in [1.82, 2.24) is 4.40 Å². The maximum Gasteiger partial charge on any atom is 0.218 e. The Morgan fingerprint density at radius 2 is 1.35 bits per heavy atom. The summed E-state index contributed by atoms with van der Waals surface area (Å²) in [4.78, 5) is 0. The molecule has 51 heavy (non-hydrogen) atoms. The summed E-state index contributed by atoms with van der Waals surface area (Å²) in [5, 5.41) is 8.05. The highest BCUT2D eigenvalue weighted by molar-refractivity contribution is 7.25. The Labute approximate surface area is 298 Å². The minimum absolute atomic E-state index is 0.244. The van der Waals surface area contributed by atoms with Crippen LogP contribution in [-0.4, -0.2) is 4.40 Å². The second-order valence-corrected chi connectivity index (χ2v) is 15.6. The predicted molar refractivity (Wildman–Crippen MR) is 212 cm³/mol. The van der Waals surface area contributed by atoms with E-state index in [4.69, 9.17) is 6.58 Å². The summed E-state index contributed by atoms with van der Waals surface area (Å²) in [6, 6.07) is 48.2. The average Bonchev–Trinajstić information content (AvgIpc) is 3.82. The topological polar surface area (TPSA) is 12.2 Å². The van der Waals surface area contributed by atoms with Gasteiger partial charge in [-0.2, -0.15) is 9.13 Å². The van der Waals surface area contributed by atoms with Crippen molar-refractivity contribution in [2.45, 2.75) is 31.2 Å². The van der Waals surface area contributed by atoms with Crippen LogP contribution < -0.4 is 9.13 Å². The van der Waals surface area contributed by atoms with E-state index >= 15 is 0 Å². The Morgan fingerprint density at radius 3 is 2.27 bits per heavy atom. The smallest absolute Gasteiger partial charge is 0.218 e.